The van der Waals surface area contributed by atoms with Gasteiger partial charge in [0.25, 0.3) is 0 Å². The Labute approximate surface area is 180 Å². The van der Waals surface area contributed by atoms with Gasteiger partial charge in [-0.05, 0) is 47.2 Å². The number of hydrogen-bond acceptors (Lipinski definition) is 1. The number of alkyl halides is 13. The Bertz CT molecular complexity index is 790. The van der Waals surface area contributed by atoms with Crippen LogP contribution >= 0.6 is 22.6 Å². The number of hydrogen-bond donors (Lipinski definition) is 0. The van der Waals surface area contributed by atoms with Gasteiger partial charge in [-0.3, -0.25) is 0 Å². The van der Waals surface area contributed by atoms with Gasteiger partial charge >= 0.3 is 35.8 Å². The van der Waals surface area contributed by atoms with Crippen LogP contribution in [0.4, 0.5) is 57.1 Å². The number of halogens is 14. The summed E-state index contributed by atoms with van der Waals surface area (Å²) in [6, 6.07) is 4.74. The van der Waals surface area contributed by atoms with Crippen molar-refractivity contribution in [3.05, 3.63) is 33.4 Å². The average Bonchev–Trinajstić information content (AvgIpc) is 2.59. The van der Waals surface area contributed by atoms with Gasteiger partial charge in [-0.2, -0.15) is 57.1 Å². The van der Waals surface area contributed by atoms with Crippen LogP contribution in [0.2, 0.25) is 0 Å². The average molecular weight is 594 g/mol. The van der Waals surface area contributed by atoms with E-state index in [0.29, 0.717) is 17.6 Å². The van der Waals surface area contributed by atoms with Crippen LogP contribution in [0, 0.1) is 3.57 Å². The standard InChI is InChI=1S/C16H12F13IO/c1-10(31-2,8-4-3-5-9(30)6-8)7-11(17,18)12(19,20)13(21,22)14(23,24)15(25,26)16(27,28)29/h3-6H,7H2,1-2H3. The van der Waals surface area contributed by atoms with Crippen LogP contribution in [-0.2, 0) is 10.3 Å². The first kappa shape index (κ1) is 28.0. The lowest BCUT2D eigenvalue weighted by Gasteiger charge is -2.42. The molecule has 15 heteroatoms. The van der Waals surface area contributed by atoms with E-state index in [0.717, 1.165) is 12.1 Å². The predicted molar refractivity (Wildman–Crippen MR) is 88.9 cm³/mol. The van der Waals surface area contributed by atoms with E-state index < -0.39 is 47.8 Å². The molecule has 1 aromatic carbocycles. The summed E-state index contributed by atoms with van der Waals surface area (Å²) in [5.74, 6) is -37.1. The highest BCUT2D eigenvalue weighted by molar-refractivity contribution is 14.1. The Morgan fingerprint density at radius 1 is 0.742 bits per heavy atom. The zero-order valence-corrected chi connectivity index (χ0v) is 17.4. The van der Waals surface area contributed by atoms with Crippen LogP contribution in [0.15, 0.2) is 24.3 Å². The molecule has 0 bridgehead atoms. The Morgan fingerprint density at radius 3 is 1.58 bits per heavy atom. The van der Waals surface area contributed by atoms with Crippen LogP contribution < -0.4 is 0 Å². The summed E-state index contributed by atoms with van der Waals surface area (Å²) < 4.78 is 177. The molecule has 0 heterocycles. The summed E-state index contributed by atoms with van der Waals surface area (Å²) in [7, 11) is 0.679. The lowest BCUT2D eigenvalue weighted by Crippen LogP contribution is -2.70. The lowest BCUT2D eigenvalue weighted by atomic mass is 9.84. The van der Waals surface area contributed by atoms with Crippen molar-refractivity contribution in [2.24, 2.45) is 0 Å². The third-order valence-electron chi connectivity index (χ3n) is 4.44. The summed E-state index contributed by atoms with van der Waals surface area (Å²) in [4.78, 5) is 0. The molecule has 0 radical (unpaired) electrons. The second-order valence-corrected chi connectivity index (χ2v) is 7.87. The van der Waals surface area contributed by atoms with E-state index in [1.807, 2.05) is 0 Å². The Kier molecular flexibility index (Phi) is 7.32. The van der Waals surface area contributed by atoms with Crippen molar-refractivity contribution in [3.63, 3.8) is 0 Å². The third-order valence-corrected chi connectivity index (χ3v) is 5.11. The fourth-order valence-electron chi connectivity index (χ4n) is 2.45. The summed E-state index contributed by atoms with van der Waals surface area (Å²) in [5, 5.41) is 0. The highest BCUT2D eigenvalue weighted by Gasteiger charge is 2.90. The van der Waals surface area contributed by atoms with Gasteiger partial charge in [-0.1, -0.05) is 12.1 Å². The molecular formula is C16H12F13IO. The van der Waals surface area contributed by atoms with E-state index in [2.05, 4.69) is 4.74 Å². The maximum Gasteiger partial charge on any atom is 0.460 e. The van der Waals surface area contributed by atoms with Crippen LogP contribution in [0.5, 0.6) is 0 Å². The minimum atomic E-state index is -7.92. The van der Waals surface area contributed by atoms with Crippen molar-refractivity contribution >= 4 is 22.6 Å². The molecule has 0 spiro atoms. The number of benzene rings is 1. The number of ether oxygens (including phenoxy) is 1. The molecule has 0 aromatic heterocycles. The normalized spacial score (nSPS) is 16.9. The minimum Gasteiger partial charge on any atom is -0.374 e. The van der Waals surface area contributed by atoms with Crippen molar-refractivity contribution in [2.75, 3.05) is 7.11 Å². The quantitative estimate of drug-likeness (QED) is 0.227. The van der Waals surface area contributed by atoms with Crippen molar-refractivity contribution < 1.29 is 61.8 Å². The van der Waals surface area contributed by atoms with Gasteiger partial charge in [0.15, 0.2) is 0 Å². The fourth-order valence-corrected chi connectivity index (χ4v) is 2.99. The van der Waals surface area contributed by atoms with Gasteiger partial charge in [0, 0.05) is 10.7 Å². The van der Waals surface area contributed by atoms with E-state index in [4.69, 9.17) is 0 Å². The van der Waals surface area contributed by atoms with Gasteiger partial charge in [0.2, 0.25) is 0 Å². The van der Waals surface area contributed by atoms with Crippen molar-refractivity contribution in [3.8, 4) is 0 Å². The first-order valence-electron chi connectivity index (χ1n) is 7.79. The molecule has 0 N–H and O–H groups in total. The maximum atomic E-state index is 14.2. The highest BCUT2D eigenvalue weighted by Crippen LogP contribution is 2.61. The first-order valence-corrected chi connectivity index (χ1v) is 8.87. The molecule has 0 aliphatic carbocycles. The second kappa shape index (κ2) is 8.09. The third kappa shape index (κ3) is 4.44. The molecule has 0 aliphatic heterocycles. The summed E-state index contributed by atoms with van der Waals surface area (Å²) in [5.41, 5.74) is -2.86. The Morgan fingerprint density at radius 2 is 1.19 bits per heavy atom. The van der Waals surface area contributed by atoms with Gasteiger partial charge in [0.1, 0.15) is 0 Å². The Balaban J connectivity index is 3.52. The molecule has 31 heavy (non-hydrogen) atoms. The lowest BCUT2D eigenvalue weighted by molar-refractivity contribution is -0.441. The molecule has 1 aromatic rings. The van der Waals surface area contributed by atoms with Crippen LogP contribution in [-0.4, -0.2) is 42.9 Å². The summed E-state index contributed by atoms with van der Waals surface area (Å²) in [6.07, 6.45) is -9.90. The molecule has 1 nitrogen and oxygen atoms in total. The molecule has 0 fully saturated rings. The summed E-state index contributed by atoms with van der Waals surface area (Å²) >= 11 is 1.65. The van der Waals surface area contributed by atoms with E-state index in [1.54, 1.807) is 22.6 Å². The SMILES string of the molecule is COC(C)(CC(F)(F)C(F)(F)C(F)(F)C(F)(F)C(F)(F)C(F)(F)F)c1cccc(I)c1. The number of rotatable bonds is 8. The molecule has 180 valence electrons. The molecule has 0 aliphatic rings. The van der Waals surface area contributed by atoms with Gasteiger partial charge in [-0.15, -0.1) is 0 Å². The molecule has 0 saturated carbocycles. The van der Waals surface area contributed by atoms with Gasteiger partial charge < -0.3 is 4.74 Å². The first-order chi connectivity index (χ1) is 13.5. The molecule has 0 amide bonds. The van der Waals surface area contributed by atoms with Crippen LogP contribution in [0.3, 0.4) is 0 Å². The molecule has 1 rings (SSSR count). The summed E-state index contributed by atoms with van der Waals surface area (Å²) in [6.45, 7) is 0.684. The topological polar surface area (TPSA) is 9.23 Å². The van der Waals surface area contributed by atoms with Gasteiger partial charge in [0.05, 0.1) is 12.0 Å². The van der Waals surface area contributed by atoms with Crippen LogP contribution in [0.25, 0.3) is 0 Å². The van der Waals surface area contributed by atoms with E-state index in [1.165, 1.54) is 12.1 Å². The molecular weight excluding hydrogens is 582 g/mol. The van der Waals surface area contributed by atoms with E-state index >= 15 is 0 Å². The smallest absolute Gasteiger partial charge is 0.374 e. The largest absolute Gasteiger partial charge is 0.460 e. The maximum absolute atomic E-state index is 14.2. The number of methoxy groups -OCH3 is 1. The van der Waals surface area contributed by atoms with Gasteiger partial charge in [-0.25, -0.2) is 0 Å². The van der Waals surface area contributed by atoms with E-state index in [-0.39, 0.29) is 5.56 Å². The van der Waals surface area contributed by atoms with Crippen molar-refractivity contribution in [2.45, 2.75) is 54.7 Å². The Hall–Kier alpha value is -1.00. The van der Waals surface area contributed by atoms with E-state index in [9.17, 15) is 57.1 Å². The zero-order chi connectivity index (χ0) is 24.9. The molecule has 1 atom stereocenters. The van der Waals surface area contributed by atoms with Crippen molar-refractivity contribution in [1.29, 1.82) is 0 Å². The zero-order valence-electron chi connectivity index (χ0n) is 15.2. The molecule has 1 unspecified atom stereocenters. The predicted octanol–water partition coefficient (Wildman–Crippen LogP) is 7.28. The molecule has 0 saturated heterocycles. The minimum absolute atomic E-state index is 0.312. The fraction of sp³-hybridized carbons (Fsp3) is 0.625. The van der Waals surface area contributed by atoms with Crippen molar-refractivity contribution in [1.82, 2.24) is 0 Å². The van der Waals surface area contributed by atoms with Crippen LogP contribution in [0.1, 0.15) is 18.9 Å². The highest BCUT2D eigenvalue weighted by atomic mass is 127. The monoisotopic (exact) mass is 594 g/mol. The second-order valence-electron chi connectivity index (χ2n) is 6.62.